The van der Waals surface area contributed by atoms with Crippen molar-refractivity contribution in [1.29, 1.82) is 0 Å². The van der Waals surface area contributed by atoms with Gasteiger partial charge >= 0.3 is 0 Å². The molecule has 1 saturated carbocycles. The molecule has 1 saturated heterocycles. The highest BCUT2D eigenvalue weighted by atomic mass is 32.2. The molecule has 0 aromatic carbocycles. The molecule has 3 rings (SSSR count). The van der Waals surface area contributed by atoms with Gasteiger partial charge in [-0.25, -0.2) is 4.98 Å². The lowest BCUT2D eigenvalue weighted by atomic mass is 10.1. The van der Waals surface area contributed by atoms with E-state index in [0.717, 1.165) is 38.8 Å². The van der Waals surface area contributed by atoms with Crippen LogP contribution >= 0.6 is 11.8 Å². The fourth-order valence-electron chi connectivity index (χ4n) is 3.18. The number of amides is 2. The molecule has 1 aliphatic heterocycles. The zero-order chi connectivity index (χ0) is 17.8. The number of hydrogen-bond donors (Lipinski definition) is 2. The van der Waals surface area contributed by atoms with Gasteiger partial charge in [0.2, 0.25) is 5.91 Å². The molecule has 2 atom stereocenters. The second-order valence-electron chi connectivity index (χ2n) is 6.80. The summed E-state index contributed by atoms with van der Waals surface area (Å²) in [6.07, 6.45) is 6.05. The lowest BCUT2D eigenvalue weighted by Gasteiger charge is -2.21. The van der Waals surface area contributed by atoms with E-state index in [1.54, 1.807) is 18.3 Å². The molecule has 0 bridgehead atoms. The molecule has 6 nitrogen and oxygen atoms in total. The minimum atomic E-state index is -0.256. The molecule has 2 heterocycles. The predicted molar refractivity (Wildman–Crippen MR) is 98.4 cm³/mol. The third-order valence-electron chi connectivity index (χ3n) is 4.83. The van der Waals surface area contributed by atoms with E-state index in [2.05, 4.69) is 10.3 Å². The molecular weight excluding hydrogens is 336 g/mol. The van der Waals surface area contributed by atoms with Gasteiger partial charge in [0.15, 0.2) is 0 Å². The SMILES string of the molecule is CC(Sc1ncccc1C(=O)NC(CN)C1CC1)C(=O)N1CCCC1. The number of hydrogen-bond acceptors (Lipinski definition) is 5. The van der Waals surface area contributed by atoms with Gasteiger partial charge in [0.25, 0.3) is 5.91 Å². The Morgan fingerprint density at radius 2 is 2.12 bits per heavy atom. The topological polar surface area (TPSA) is 88.3 Å². The number of rotatable bonds is 7. The van der Waals surface area contributed by atoms with Crippen molar-refractivity contribution in [3.8, 4) is 0 Å². The first-order chi connectivity index (χ1) is 12.1. The molecule has 25 heavy (non-hydrogen) atoms. The van der Waals surface area contributed by atoms with Crippen molar-refractivity contribution in [3.63, 3.8) is 0 Å². The molecule has 2 amide bonds. The maximum atomic E-state index is 12.7. The van der Waals surface area contributed by atoms with E-state index >= 15 is 0 Å². The van der Waals surface area contributed by atoms with E-state index in [-0.39, 0.29) is 23.1 Å². The van der Waals surface area contributed by atoms with Crippen molar-refractivity contribution < 1.29 is 9.59 Å². The Hall–Kier alpha value is -1.60. The minimum Gasteiger partial charge on any atom is -0.348 e. The van der Waals surface area contributed by atoms with Crippen LogP contribution in [0.3, 0.4) is 0 Å². The molecule has 2 unspecified atom stereocenters. The lowest BCUT2D eigenvalue weighted by molar-refractivity contribution is -0.129. The number of nitrogens with zero attached hydrogens (tertiary/aromatic N) is 2. The first-order valence-electron chi connectivity index (χ1n) is 9.01. The predicted octanol–water partition coefficient (Wildman–Crippen LogP) is 1.65. The number of nitrogens with two attached hydrogens (primary N) is 1. The number of thioether (sulfide) groups is 1. The van der Waals surface area contributed by atoms with Crippen LogP contribution in [0.4, 0.5) is 0 Å². The van der Waals surface area contributed by atoms with Crippen LogP contribution in [-0.2, 0) is 4.79 Å². The van der Waals surface area contributed by atoms with Crippen LogP contribution < -0.4 is 11.1 Å². The third kappa shape index (κ3) is 4.52. The van der Waals surface area contributed by atoms with E-state index in [1.165, 1.54) is 11.8 Å². The van der Waals surface area contributed by atoms with Gasteiger partial charge in [0, 0.05) is 31.9 Å². The zero-order valence-corrected chi connectivity index (χ0v) is 15.4. The van der Waals surface area contributed by atoms with Crippen LogP contribution in [-0.4, -0.2) is 52.6 Å². The fourth-order valence-corrected chi connectivity index (χ4v) is 4.18. The molecular formula is C18H26N4O2S. The van der Waals surface area contributed by atoms with Crippen molar-refractivity contribution >= 4 is 23.6 Å². The molecule has 136 valence electrons. The van der Waals surface area contributed by atoms with Crippen molar-refractivity contribution in [2.24, 2.45) is 11.7 Å². The first-order valence-corrected chi connectivity index (χ1v) is 9.89. The van der Waals surface area contributed by atoms with Crippen LogP contribution in [0.25, 0.3) is 0 Å². The summed E-state index contributed by atoms with van der Waals surface area (Å²) in [4.78, 5) is 31.4. The highest BCUT2D eigenvalue weighted by Crippen LogP contribution is 2.33. The first kappa shape index (κ1) is 18.2. The Bertz CT molecular complexity index is 629. The van der Waals surface area contributed by atoms with Crippen LogP contribution in [0.15, 0.2) is 23.4 Å². The van der Waals surface area contributed by atoms with E-state index in [9.17, 15) is 9.59 Å². The van der Waals surface area contributed by atoms with E-state index < -0.39 is 0 Å². The maximum Gasteiger partial charge on any atom is 0.254 e. The van der Waals surface area contributed by atoms with E-state index in [0.29, 0.717) is 23.1 Å². The second kappa shape index (κ2) is 8.19. The Balaban J connectivity index is 1.67. The van der Waals surface area contributed by atoms with Gasteiger partial charge in [0.05, 0.1) is 10.8 Å². The molecule has 0 spiro atoms. The normalized spacial score (nSPS) is 19.5. The van der Waals surface area contributed by atoms with Gasteiger partial charge in [-0.15, -0.1) is 0 Å². The second-order valence-corrected chi connectivity index (χ2v) is 8.13. The van der Waals surface area contributed by atoms with Crippen molar-refractivity contribution in [2.45, 2.75) is 48.9 Å². The summed E-state index contributed by atoms with van der Waals surface area (Å²) < 4.78 is 0. The molecule has 2 aliphatic rings. The Morgan fingerprint density at radius 3 is 2.76 bits per heavy atom. The highest BCUT2D eigenvalue weighted by molar-refractivity contribution is 8.00. The zero-order valence-electron chi connectivity index (χ0n) is 14.6. The Morgan fingerprint density at radius 1 is 1.40 bits per heavy atom. The average molecular weight is 362 g/mol. The average Bonchev–Trinajstić information content (AvgIpc) is 3.32. The maximum absolute atomic E-state index is 12.7. The number of aromatic nitrogens is 1. The third-order valence-corrected chi connectivity index (χ3v) is 5.93. The Kier molecular flexibility index (Phi) is 5.96. The summed E-state index contributed by atoms with van der Waals surface area (Å²) in [5.41, 5.74) is 6.30. The summed E-state index contributed by atoms with van der Waals surface area (Å²) in [5, 5.41) is 3.38. The number of nitrogens with one attached hydrogen (secondary N) is 1. The molecule has 0 radical (unpaired) electrons. The lowest BCUT2D eigenvalue weighted by Crippen LogP contribution is -2.42. The molecule has 7 heteroatoms. The van der Waals surface area contributed by atoms with Crippen LogP contribution in [0.2, 0.25) is 0 Å². The summed E-state index contributed by atoms with van der Waals surface area (Å²) >= 11 is 1.36. The van der Waals surface area contributed by atoms with Crippen LogP contribution in [0.1, 0.15) is 43.0 Å². The molecule has 1 aromatic rings. The van der Waals surface area contributed by atoms with Gasteiger partial charge in [-0.2, -0.15) is 0 Å². The Labute approximate surface area is 152 Å². The standard InChI is InChI=1S/C18H26N4O2S/c1-12(18(24)22-9-2-3-10-22)25-17-14(5-4-8-20-17)16(23)21-15(11-19)13-6-7-13/h4-5,8,12-13,15H,2-3,6-7,9-11,19H2,1H3,(H,21,23). The summed E-state index contributed by atoms with van der Waals surface area (Å²) in [5.74, 6) is 0.466. The smallest absolute Gasteiger partial charge is 0.254 e. The van der Waals surface area contributed by atoms with Crippen LogP contribution in [0, 0.1) is 5.92 Å². The van der Waals surface area contributed by atoms with Crippen LogP contribution in [0.5, 0.6) is 0 Å². The van der Waals surface area contributed by atoms with Gasteiger partial charge < -0.3 is 16.0 Å². The van der Waals surface area contributed by atoms with Gasteiger partial charge in [-0.05, 0) is 50.7 Å². The quantitative estimate of drug-likeness (QED) is 0.720. The van der Waals surface area contributed by atoms with Crippen molar-refractivity contribution in [3.05, 3.63) is 23.9 Å². The number of pyridine rings is 1. The number of likely N-dealkylation sites (tertiary alicyclic amines) is 1. The number of carbonyl (C=O) groups is 2. The molecule has 3 N–H and O–H groups in total. The molecule has 2 fully saturated rings. The van der Waals surface area contributed by atoms with Gasteiger partial charge in [0.1, 0.15) is 5.03 Å². The van der Waals surface area contributed by atoms with Crippen molar-refractivity contribution in [2.75, 3.05) is 19.6 Å². The highest BCUT2D eigenvalue weighted by Gasteiger charge is 2.32. The summed E-state index contributed by atoms with van der Waals surface area (Å²) in [7, 11) is 0. The fraction of sp³-hybridized carbons (Fsp3) is 0.611. The van der Waals surface area contributed by atoms with Gasteiger partial charge in [-0.3, -0.25) is 9.59 Å². The molecule has 1 aromatic heterocycles. The van der Waals surface area contributed by atoms with Crippen molar-refractivity contribution in [1.82, 2.24) is 15.2 Å². The number of carbonyl (C=O) groups excluding carboxylic acids is 2. The van der Waals surface area contributed by atoms with E-state index in [4.69, 9.17) is 5.73 Å². The monoisotopic (exact) mass is 362 g/mol. The largest absolute Gasteiger partial charge is 0.348 e. The minimum absolute atomic E-state index is 0.0224. The summed E-state index contributed by atoms with van der Waals surface area (Å²) in [6.45, 7) is 4.00. The molecule has 1 aliphatic carbocycles. The van der Waals surface area contributed by atoms with Gasteiger partial charge in [-0.1, -0.05) is 11.8 Å². The van der Waals surface area contributed by atoms with E-state index in [1.807, 2.05) is 11.8 Å². The summed E-state index contributed by atoms with van der Waals surface area (Å²) in [6, 6.07) is 3.54.